The molecule has 2 aliphatic rings. The van der Waals surface area contributed by atoms with Crippen molar-refractivity contribution < 1.29 is 4.79 Å². The number of nitrogens with zero attached hydrogens (tertiary/aromatic N) is 4. The van der Waals surface area contributed by atoms with Crippen LogP contribution in [-0.4, -0.2) is 27.2 Å². The number of amides is 1. The first kappa shape index (κ1) is 17.2. The molecule has 0 spiro atoms. The minimum Gasteiger partial charge on any atom is -0.363 e. The van der Waals surface area contributed by atoms with Gasteiger partial charge in [-0.2, -0.15) is 5.10 Å². The molecule has 1 aromatic carbocycles. The van der Waals surface area contributed by atoms with Crippen LogP contribution in [0.3, 0.4) is 0 Å². The Bertz CT molecular complexity index is 1040. The fourth-order valence-electron chi connectivity index (χ4n) is 4.13. The number of nitrogens with one attached hydrogen (secondary N) is 1. The predicted octanol–water partition coefficient (Wildman–Crippen LogP) is 3.18. The van der Waals surface area contributed by atoms with Gasteiger partial charge in [-0.1, -0.05) is 18.1 Å². The Labute approximate surface area is 164 Å². The standard InChI is InChI=1S/C22H25N5O/c1-15-5-6-20-19(11-15)21(7-8-23-20)26-9-10-27-18(14-26)12-17(25-27)13-24-22(28)16-3-2-4-16/h5-8,11-12,16H,2-4,9-10,13-14H2,1H3,(H,24,28). The van der Waals surface area contributed by atoms with Crippen molar-refractivity contribution in [3.63, 3.8) is 0 Å². The van der Waals surface area contributed by atoms with Crippen LogP contribution >= 0.6 is 0 Å². The van der Waals surface area contributed by atoms with Crippen LogP contribution < -0.4 is 10.2 Å². The molecule has 1 fully saturated rings. The van der Waals surface area contributed by atoms with E-state index >= 15 is 0 Å². The van der Waals surface area contributed by atoms with Crippen molar-refractivity contribution in [2.75, 3.05) is 11.4 Å². The van der Waals surface area contributed by atoms with Gasteiger partial charge in [0, 0.05) is 29.7 Å². The second-order valence-electron chi connectivity index (χ2n) is 7.97. The van der Waals surface area contributed by atoms with Crippen LogP contribution in [0.1, 0.15) is 36.2 Å². The fourth-order valence-corrected chi connectivity index (χ4v) is 4.13. The van der Waals surface area contributed by atoms with Crippen LogP contribution in [0.2, 0.25) is 0 Å². The molecule has 6 heteroatoms. The molecule has 0 saturated heterocycles. The molecule has 144 valence electrons. The molecule has 1 aliphatic heterocycles. The van der Waals surface area contributed by atoms with E-state index in [1.54, 1.807) is 0 Å². The van der Waals surface area contributed by atoms with Crippen LogP contribution in [0.15, 0.2) is 36.5 Å². The van der Waals surface area contributed by atoms with Crippen LogP contribution in [-0.2, 0) is 24.4 Å². The maximum absolute atomic E-state index is 12.1. The van der Waals surface area contributed by atoms with Crippen molar-refractivity contribution in [1.82, 2.24) is 20.1 Å². The van der Waals surface area contributed by atoms with Crippen LogP contribution in [0.4, 0.5) is 5.69 Å². The normalized spacial score (nSPS) is 16.7. The Balaban J connectivity index is 1.33. The van der Waals surface area contributed by atoms with Gasteiger partial charge in [-0.15, -0.1) is 0 Å². The highest BCUT2D eigenvalue weighted by Crippen LogP contribution is 2.29. The van der Waals surface area contributed by atoms with E-state index in [9.17, 15) is 4.79 Å². The quantitative estimate of drug-likeness (QED) is 0.761. The van der Waals surface area contributed by atoms with Crippen LogP contribution in [0.25, 0.3) is 10.9 Å². The van der Waals surface area contributed by atoms with Gasteiger partial charge in [0.05, 0.1) is 36.5 Å². The molecule has 6 nitrogen and oxygen atoms in total. The molecular weight excluding hydrogens is 350 g/mol. The molecular formula is C22H25N5O. The number of anilines is 1. The molecule has 5 rings (SSSR count). The summed E-state index contributed by atoms with van der Waals surface area (Å²) in [5, 5.41) is 8.94. The number of fused-ring (bicyclic) bond motifs is 2. The first-order chi connectivity index (χ1) is 13.7. The van der Waals surface area contributed by atoms with E-state index in [2.05, 4.69) is 57.1 Å². The van der Waals surface area contributed by atoms with Gasteiger partial charge in [0.1, 0.15) is 0 Å². The van der Waals surface area contributed by atoms with E-state index in [0.717, 1.165) is 43.7 Å². The van der Waals surface area contributed by atoms with Crippen molar-refractivity contribution >= 4 is 22.5 Å². The van der Waals surface area contributed by atoms with E-state index < -0.39 is 0 Å². The predicted molar refractivity (Wildman–Crippen MR) is 109 cm³/mol. The number of aryl methyl sites for hydroxylation is 1. The fraction of sp³-hybridized carbons (Fsp3) is 0.409. The SMILES string of the molecule is Cc1ccc2nccc(N3CCn4nc(CNC(=O)C5CCC5)cc4C3)c2c1. The Morgan fingerprint density at radius 3 is 2.93 bits per heavy atom. The Morgan fingerprint density at radius 1 is 1.21 bits per heavy atom. The molecule has 0 radical (unpaired) electrons. The summed E-state index contributed by atoms with van der Waals surface area (Å²) >= 11 is 0. The van der Waals surface area contributed by atoms with E-state index in [0.29, 0.717) is 6.54 Å². The van der Waals surface area contributed by atoms with E-state index in [-0.39, 0.29) is 11.8 Å². The second-order valence-corrected chi connectivity index (χ2v) is 7.97. The molecule has 3 heterocycles. The highest BCUT2D eigenvalue weighted by Gasteiger charge is 2.25. The molecule has 1 saturated carbocycles. The van der Waals surface area contributed by atoms with Gasteiger partial charge in [0.25, 0.3) is 0 Å². The van der Waals surface area contributed by atoms with E-state index in [1.807, 2.05) is 6.20 Å². The Morgan fingerprint density at radius 2 is 2.11 bits per heavy atom. The molecule has 0 bridgehead atoms. The average Bonchev–Trinajstić information content (AvgIpc) is 3.06. The van der Waals surface area contributed by atoms with Gasteiger partial charge >= 0.3 is 0 Å². The van der Waals surface area contributed by atoms with Crippen molar-refractivity contribution in [3.8, 4) is 0 Å². The smallest absolute Gasteiger partial charge is 0.223 e. The van der Waals surface area contributed by atoms with Gasteiger partial charge < -0.3 is 10.2 Å². The van der Waals surface area contributed by atoms with Gasteiger partial charge in [0.15, 0.2) is 0 Å². The van der Waals surface area contributed by atoms with E-state index in [4.69, 9.17) is 5.10 Å². The number of aromatic nitrogens is 3. The lowest BCUT2D eigenvalue weighted by Gasteiger charge is -2.30. The Kier molecular flexibility index (Phi) is 4.26. The van der Waals surface area contributed by atoms with Gasteiger partial charge in [-0.3, -0.25) is 14.5 Å². The number of hydrogen-bond acceptors (Lipinski definition) is 4. The van der Waals surface area contributed by atoms with Crippen molar-refractivity contribution in [3.05, 3.63) is 53.5 Å². The molecule has 28 heavy (non-hydrogen) atoms. The molecule has 1 aliphatic carbocycles. The van der Waals surface area contributed by atoms with E-state index in [1.165, 1.54) is 28.8 Å². The second kappa shape index (κ2) is 6.93. The molecule has 1 N–H and O–H groups in total. The zero-order chi connectivity index (χ0) is 19.1. The lowest BCUT2D eigenvalue weighted by atomic mass is 9.85. The van der Waals surface area contributed by atoms with Crippen molar-refractivity contribution in [1.29, 1.82) is 0 Å². The lowest BCUT2D eigenvalue weighted by Crippen LogP contribution is -2.34. The summed E-state index contributed by atoms with van der Waals surface area (Å²) in [4.78, 5) is 19.0. The lowest BCUT2D eigenvalue weighted by molar-refractivity contribution is -0.127. The van der Waals surface area contributed by atoms with Crippen LogP contribution in [0.5, 0.6) is 0 Å². The minimum absolute atomic E-state index is 0.178. The van der Waals surface area contributed by atoms with Crippen LogP contribution in [0, 0.1) is 12.8 Å². The molecule has 2 aromatic heterocycles. The molecule has 0 unspecified atom stereocenters. The monoisotopic (exact) mass is 375 g/mol. The summed E-state index contributed by atoms with van der Waals surface area (Å²) in [5.74, 6) is 0.397. The third-order valence-corrected chi connectivity index (χ3v) is 5.98. The molecule has 0 atom stereocenters. The summed E-state index contributed by atoms with van der Waals surface area (Å²) < 4.78 is 2.08. The summed E-state index contributed by atoms with van der Waals surface area (Å²) in [6.45, 7) is 5.21. The molecule has 3 aromatic rings. The Hall–Kier alpha value is -2.89. The average molecular weight is 375 g/mol. The van der Waals surface area contributed by atoms with Gasteiger partial charge in [0.2, 0.25) is 5.91 Å². The number of pyridine rings is 1. The summed E-state index contributed by atoms with van der Waals surface area (Å²) in [6, 6.07) is 10.6. The summed E-state index contributed by atoms with van der Waals surface area (Å²) in [7, 11) is 0. The van der Waals surface area contributed by atoms with Gasteiger partial charge in [-0.05, 0) is 44.0 Å². The topological polar surface area (TPSA) is 63.1 Å². The number of hydrogen-bond donors (Lipinski definition) is 1. The first-order valence-corrected chi connectivity index (χ1v) is 10.1. The zero-order valence-corrected chi connectivity index (χ0v) is 16.2. The molecule has 1 amide bonds. The maximum Gasteiger partial charge on any atom is 0.223 e. The number of rotatable bonds is 4. The number of carbonyl (C=O) groups excluding carboxylic acids is 1. The van der Waals surface area contributed by atoms with Crippen molar-refractivity contribution in [2.45, 2.75) is 45.8 Å². The van der Waals surface area contributed by atoms with Crippen molar-refractivity contribution in [2.24, 2.45) is 5.92 Å². The summed E-state index contributed by atoms with van der Waals surface area (Å²) in [5.41, 5.74) is 5.63. The minimum atomic E-state index is 0.178. The first-order valence-electron chi connectivity index (χ1n) is 10.1. The largest absolute Gasteiger partial charge is 0.363 e. The number of benzene rings is 1. The highest BCUT2D eigenvalue weighted by molar-refractivity contribution is 5.92. The zero-order valence-electron chi connectivity index (χ0n) is 16.2. The maximum atomic E-state index is 12.1. The summed E-state index contributed by atoms with van der Waals surface area (Å²) in [6.07, 6.45) is 5.12. The highest BCUT2D eigenvalue weighted by atomic mass is 16.1. The van der Waals surface area contributed by atoms with Gasteiger partial charge in [-0.25, -0.2) is 0 Å². The number of carbonyl (C=O) groups is 1. The third kappa shape index (κ3) is 3.13. The third-order valence-electron chi connectivity index (χ3n) is 5.98.